The highest BCUT2D eigenvalue weighted by molar-refractivity contribution is 5.96. The van der Waals surface area contributed by atoms with Crippen molar-refractivity contribution in [3.8, 4) is 0 Å². The van der Waals surface area contributed by atoms with Gasteiger partial charge < -0.3 is 10.4 Å². The first-order valence-corrected chi connectivity index (χ1v) is 7.58. The molecule has 22 heavy (non-hydrogen) atoms. The van der Waals surface area contributed by atoms with Crippen LogP contribution in [0.15, 0.2) is 48.5 Å². The molecule has 0 aliphatic carbocycles. The molecule has 0 aromatic heterocycles. The predicted octanol–water partition coefficient (Wildman–Crippen LogP) is 3.03. The molecule has 0 fully saturated rings. The average molecular weight is 297 g/mol. The third-order valence-corrected chi connectivity index (χ3v) is 4.07. The Kier molecular flexibility index (Phi) is 5.34. The SMILES string of the molecule is Cc1cccc(C(=O)NC(C)C(O)Cc2ccccc2)c1C. The zero-order valence-electron chi connectivity index (χ0n) is 13.3. The Hall–Kier alpha value is -2.13. The number of aryl methyl sites for hydroxylation is 1. The number of nitrogens with one attached hydrogen (secondary N) is 1. The summed E-state index contributed by atoms with van der Waals surface area (Å²) >= 11 is 0. The van der Waals surface area contributed by atoms with E-state index in [1.54, 1.807) is 0 Å². The quantitative estimate of drug-likeness (QED) is 0.891. The molecule has 0 spiro atoms. The van der Waals surface area contributed by atoms with E-state index >= 15 is 0 Å². The summed E-state index contributed by atoms with van der Waals surface area (Å²) in [6.07, 6.45) is -0.0915. The Morgan fingerprint density at radius 2 is 1.77 bits per heavy atom. The molecule has 0 bridgehead atoms. The maximum atomic E-state index is 12.4. The second kappa shape index (κ2) is 7.23. The van der Waals surface area contributed by atoms with Crippen LogP contribution in [0.5, 0.6) is 0 Å². The molecule has 1 amide bonds. The topological polar surface area (TPSA) is 49.3 Å². The summed E-state index contributed by atoms with van der Waals surface area (Å²) in [7, 11) is 0. The van der Waals surface area contributed by atoms with Crippen molar-refractivity contribution in [1.29, 1.82) is 0 Å². The van der Waals surface area contributed by atoms with Gasteiger partial charge >= 0.3 is 0 Å². The number of aliphatic hydroxyl groups excluding tert-OH is 1. The van der Waals surface area contributed by atoms with Crippen LogP contribution in [0.2, 0.25) is 0 Å². The van der Waals surface area contributed by atoms with Crippen molar-refractivity contribution in [3.63, 3.8) is 0 Å². The van der Waals surface area contributed by atoms with Crippen molar-refractivity contribution in [2.45, 2.75) is 39.3 Å². The minimum atomic E-state index is -0.614. The first-order chi connectivity index (χ1) is 10.5. The van der Waals surface area contributed by atoms with Crippen LogP contribution in [0, 0.1) is 13.8 Å². The first-order valence-electron chi connectivity index (χ1n) is 7.58. The second-order valence-electron chi connectivity index (χ2n) is 5.77. The largest absolute Gasteiger partial charge is 0.391 e. The van der Waals surface area contributed by atoms with Crippen LogP contribution in [0.25, 0.3) is 0 Å². The summed E-state index contributed by atoms with van der Waals surface area (Å²) in [4.78, 5) is 12.4. The fourth-order valence-corrected chi connectivity index (χ4v) is 2.41. The van der Waals surface area contributed by atoms with Crippen LogP contribution in [-0.4, -0.2) is 23.2 Å². The highest BCUT2D eigenvalue weighted by atomic mass is 16.3. The zero-order chi connectivity index (χ0) is 16.1. The summed E-state index contributed by atoms with van der Waals surface area (Å²) in [6.45, 7) is 5.76. The number of carbonyl (C=O) groups excluding carboxylic acids is 1. The highest BCUT2D eigenvalue weighted by Gasteiger charge is 2.19. The van der Waals surface area contributed by atoms with E-state index < -0.39 is 6.10 Å². The van der Waals surface area contributed by atoms with Gasteiger partial charge in [-0.05, 0) is 43.5 Å². The molecular formula is C19H23NO2. The molecule has 0 heterocycles. The number of hydrogen-bond donors (Lipinski definition) is 2. The zero-order valence-corrected chi connectivity index (χ0v) is 13.3. The molecule has 0 aliphatic rings. The van der Waals surface area contributed by atoms with Gasteiger partial charge in [0.05, 0.1) is 12.1 Å². The number of benzene rings is 2. The van der Waals surface area contributed by atoms with Gasteiger partial charge in [-0.15, -0.1) is 0 Å². The Morgan fingerprint density at radius 1 is 1.09 bits per heavy atom. The highest BCUT2D eigenvalue weighted by Crippen LogP contribution is 2.13. The van der Waals surface area contributed by atoms with Crippen molar-refractivity contribution in [1.82, 2.24) is 5.32 Å². The third-order valence-electron chi connectivity index (χ3n) is 4.07. The van der Waals surface area contributed by atoms with Crippen molar-refractivity contribution in [3.05, 3.63) is 70.8 Å². The van der Waals surface area contributed by atoms with Gasteiger partial charge in [-0.2, -0.15) is 0 Å². The Morgan fingerprint density at radius 3 is 2.45 bits per heavy atom. The lowest BCUT2D eigenvalue weighted by Crippen LogP contribution is -2.42. The average Bonchev–Trinajstić information content (AvgIpc) is 2.50. The molecule has 2 aromatic rings. The van der Waals surface area contributed by atoms with E-state index in [4.69, 9.17) is 0 Å². The minimum absolute atomic E-state index is 0.138. The van der Waals surface area contributed by atoms with E-state index in [1.807, 2.05) is 69.3 Å². The van der Waals surface area contributed by atoms with Gasteiger partial charge in [0.15, 0.2) is 0 Å². The summed E-state index contributed by atoms with van der Waals surface area (Å²) in [5.74, 6) is -0.138. The molecule has 2 rings (SSSR count). The normalized spacial score (nSPS) is 13.5. The van der Waals surface area contributed by atoms with Crippen LogP contribution in [0.4, 0.5) is 0 Å². The van der Waals surface area contributed by atoms with Crippen LogP contribution in [-0.2, 0) is 6.42 Å². The van der Waals surface area contributed by atoms with Crippen molar-refractivity contribution in [2.24, 2.45) is 0 Å². The van der Waals surface area contributed by atoms with Crippen molar-refractivity contribution >= 4 is 5.91 Å². The van der Waals surface area contributed by atoms with E-state index in [1.165, 1.54) is 0 Å². The molecule has 3 nitrogen and oxygen atoms in total. The molecule has 2 unspecified atom stereocenters. The number of amides is 1. The maximum absolute atomic E-state index is 12.4. The van der Waals surface area contributed by atoms with Gasteiger partial charge in [-0.3, -0.25) is 4.79 Å². The number of carbonyl (C=O) groups is 1. The molecule has 2 aromatic carbocycles. The van der Waals surface area contributed by atoms with E-state index in [0.717, 1.165) is 16.7 Å². The van der Waals surface area contributed by atoms with Gasteiger partial charge in [0, 0.05) is 12.0 Å². The van der Waals surface area contributed by atoms with Gasteiger partial charge in [0.2, 0.25) is 0 Å². The molecule has 0 saturated heterocycles. The summed E-state index contributed by atoms with van der Waals surface area (Å²) in [6, 6.07) is 15.2. The van der Waals surface area contributed by atoms with Gasteiger partial charge in [-0.1, -0.05) is 42.5 Å². The third kappa shape index (κ3) is 3.95. The van der Waals surface area contributed by atoms with E-state index in [2.05, 4.69) is 5.32 Å². The number of hydrogen-bond acceptors (Lipinski definition) is 2. The fraction of sp³-hybridized carbons (Fsp3) is 0.316. The first kappa shape index (κ1) is 16.2. The molecule has 2 N–H and O–H groups in total. The Bertz CT molecular complexity index is 637. The van der Waals surface area contributed by atoms with Crippen LogP contribution in [0.3, 0.4) is 0 Å². The molecule has 0 aliphatic heterocycles. The monoisotopic (exact) mass is 297 g/mol. The van der Waals surface area contributed by atoms with Gasteiger partial charge in [0.1, 0.15) is 0 Å². The molecule has 0 radical (unpaired) electrons. The molecule has 0 saturated carbocycles. The van der Waals surface area contributed by atoms with Crippen LogP contribution < -0.4 is 5.32 Å². The summed E-state index contributed by atoms with van der Waals surface area (Å²) in [5, 5.41) is 13.2. The number of rotatable bonds is 5. The number of aliphatic hydroxyl groups is 1. The Balaban J connectivity index is 2.00. The smallest absolute Gasteiger partial charge is 0.251 e. The lowest BCUT2D eigenvalue weighted by molar-refractivity contribution is 0.0851. The standard InChI is InChI=1S/C19H23NO2/c1-13-8-7-11-17(14(13)2)19(22)20-15(3)18(21)12-16-9-5-4-6-10-16/h4-11,15,18,21H,12H2,1-3H3,(H,20,22). The van der Waals surface area contributed by atoms with Gasteiger partial charge in [0.25, 0.3) is 5.91 Å². The second-order valence-corrected chi connectivity index (χ2v) is 5.77. The summed E-state index contributed by atoms with van der Waals surface area (Å²) in [5.41, 5.74) is 3.79. The van der Waals surface area contributed by atoms with Crippen molar-refractivity contribution in [2.75, 3.05) is 0 Å². The summed E-state index contributed by atoms with van der Waals surface area (Å²) < 4.78 is 0. The molecule has 116 valence electrons. The molecule has 3 heteroatoms. The van der Waals surface area contributed by atoms with E-state index in [9.17, 15) is 9.90 Å². The minimum Gasteiger partial charge on any atom is -0.391 e. The maximum Gasteiger partial charge on any atom is 0.251 e. The van der Waals surface area contributed by atoms with Crippen LogP contribution >= 0.6 is 0 Å². The van der Waals surface area contributed by atoms with Gasteiger partial charge in [-0.25, -0.2) is 0 Å². The van der Waals surface area contributed by atoms with E-state index in [-0.39, 0.29) is 11.9 Å². The lowest BCUT2D eigenvalue weighted by atomic mass is 10.0. The fourth-order valence-electron chi connectivity index (χ4n) is 2.41. The lowest BCUT2D eigenvalue weighted by Gasteiger charge is -2.21. The molecule has 2 atom stereocenters. The predicted molar refractivity (Wildman–Crippen MR) is 89.0 cm³/mol. The van der Waals surface area contributed by atoms with Crippen molar-refractivity contribution < 1.29 is 9.90 Å². The van der Waals surface area contributed by atoms with Crippen LogP contribution in [0.1, 0.15) is 34.0 Å². The Labute approximate surface area is 132 Å². The van der Waals surface area contributed by atoms with E-state index in [0.29, 0.717) is 12.0 Å². The molecular weight excluding hydrogens is 274 g/mol.